The standard InChI is InChI=1S/C8H14N2O4/c9-5(4-11)7(12)10-3-1-2-6(10)8(13)14/h5-6,11H,1-4,9H2,(H,13,14)/t5-,6-/m1/s1. The summed E-state index contributed by atoms with van der Waals surface area (Å²) in [6, 6.07) is -1.78. The van der Waals surface area contributed by atoms with Crippen LogP contribution in [-0.2, 0) is 9.59 Å². The van der Waals surface area contributed by atoms with Crippen molar-refractivity contribution < 1.29 is 19.8 Å². The number of aliphatic hydroxyl groups is 1. The molecule has 1 fully saturated rings. The van der Waals surface area contributed by atoms with Crippen LogP contribution in [0, 0.1) is 0 Å². The molecule has 0 unspecified atom stereocenters. The molecule has 1 saturated heterocycles. The monoisotopic (exact) mass is 202 g/mol. The number of nitrogens with zero attached hydrogens (tertiary/aromatic N) is 1. The number of nitrogens with two attached hydrogens (primary N) is 1. The molecule has 0 aliphatic carbocycles. The zero-order chi connectivity index (χ0) is 10.7. The summed E-state index contributed by atoms with van der Waals surface area (Å²) in [7, 11) is 0. The number of likely N-dealkylation sites (tertiary alicyclic amines) is 1. The van der Waals surface area contributed by atoms with E-state index in [-0.39, 0.29) is 0 Å². The lowest BCUT2D eigenvalue weighted by Gasteiger charge is -2.23. The number of carbonyl (C=O) groups is 2. The third-order valence-corrected chi connectivity index (χ3v) is 2.33. The van der Waals surface area contributed by atoms with E-state index in [9.17, 15) is 9.59 Å². The molecule has 80 valence electrons. The largest absolute Gasteiger partial charge is 0.480 e. The molecule has 1 heterocycles. The Morgan fingerprint density at radius 3 is 2.71 bits per heavy atom. The van der Waals surface area contributed by atoms with E-state index in [1.807, 2.05) is 0 Å². The zero-order valence-corrected chi connectivity index (χ0v) is 7.72. The third kappa shape index (κ3) is 2.02. The lowest BCUT2D eigenvalue weighted by atomic mass is 10.2. The van der Waals surface area contributed by atoms with Crippen LogP contribution in [0.3, 0.4) is 0 Å². The summed E-state index contributed by atoms with van der Waals surface area (Å²) < 4.78 is 0. The third-order valence-electron chi connectivity index (χ3n) is 2.33. The van der Waals surface area contributed by atoms with Gasteiger partial charge in [0.05, 0.1) is 6.61 Å². The highest BCUT2D eigenvalue weighted by Crippen LogP contribution is 2.17. The number of carbonyl (C=O) groups excluding carboxylic acids is 1. The molecule has 0 radical (unpaired) electrons. The number of aliphatic carboxylic acids is 1. The van der Waals surface area contributed by atoms with E-state index in [1.165, 1.54) is 4.90 Å². The predicted molar refractivity (Wildman–Crippen MR) is 47.4 cm³/mol. The van der Waals surface area contributed by atoms with Crippen molar-refractivity contribution >= 4 is 11.9 Å². The van der Waals surface area contributed by atoms with E-state index < -0.39 is 30.6 Å². The van der Waals surface area contributed by atoms with Crippen molar-refractivity contribution in [2.45, 2.75) is 24.9 Å². The summed E-state index contributed by atoms with van der Waals surface area (Å²) in [6.45, 7) is -0.0504. The molecule has 4 N–H and O–H groups in total. The molecule has 1 aliphatic heterocycles. The minimum Gasteiger partial charge on any atom is -0.480 e. The van der Waals surface area contributed by atoms with Gasteiger partial charge in [0.15, 0.2) is 0 Å². The second kappa shape index (κ2) is 4.39. The van der Waals surface area contributed by atoms with Gasteiger partial charge in [0.25, 0.3) is 0 Å². The van der Waals surface area contributed by atoms with Crippen molar-refractivity contribution in [1.82, 2.24) is 4.90 Å². The maximum atomic E-state index is 11.5. The summed E-state index contributed by atoms with van der Waals surface area (Å²) in [6.07, 6.45) is 1.13. The minimum atomic E-state index is -1.01. The van der Waals surface area contributed by atoms with Crippen LogP contribution in [0.2, 0.25) is 0 Å². The fourth-order valence-corrected chi connectivity index (χ4v) is 1.58. The van der Waals surface area contributed by atoms with Crippen LogP contribution >= 0.6 is 0 Å². The first-order valence-corrected chi connectivity index (χ1v) is 4.47. The van der Waals surface area contributed by atoms with Crippen molar-refractivity contribution in [3.63, 3.8) is 0 Å². The summed E-state index contributed by atoms with van der Waals surface area (Å²) in [5.74, 6) is -1.50. The van der Waals surface area contributed by atoms with Crippen molar-refractivity contribution in [3.05, 3.63) is 0 Å². The normalized spacial score (nSPS) is 23.6. The number of rotatable bonds is 3. The number of hydrogen-bond acceptors (Lipinski definition) is 4. The Morgan fingerprint density at radius 1 is 1.57 bits per heavy atom. The minimum absolute atomic E-state index is 0.406. The molecule has 0 bridgehead atoms. The van der Waals surface area contributed by atoms with E-state index >= 15 is 0 Å². The molecule has 1 amide bonds. The van der Waals surface area contributed by atoms with Gasteiger partial charge in [-0.15, -0.1) is 0 Å². The van der Waals surface area contributed by atoms with Crippen molar-refractivity contribution in [2.24, 2.45) is 5.73 Å². The zero-order valence-electron chi connectivity index (χ0n) is 7.72. The molecular weight excluding hydrogens is 188 g/mol. The van der Waals surface area contributed by atoms with Gasteiger partial charge in [-0.3, -0.25) is 4.79 Å². The summed E-state index contributed by atoms with van der Waals surface area (Å²) in [5, 5.41) is 17.5. The second-order valence-corrected chi connectivity index (χ2v) is 3.32. The number of hydrogen-bond donors (Lipinski definition) is 3. The lowest BCUT2D eigenvalue weighted by Crippen LogP contribution is -2.49. The Bertz CT molecular complexity index is 243. The second-order valence-electron chi connectivity index (χ2n) is 3.32. The molecule has 0 aromatic heterocycles. The summed E-state index contributed by atoms with van der Waals surface area (Å²) in [4.78, 5) is 23.4. The van der Waals surface area contributed by atoms with Crippen molar-refractivity contribution in [1.29, 1.82) is 0 Å². The average Bonchev–Trinajstić information content (AvgIpc) is 2.63. The molecule has 0 saturated carbocycles. The SMILES string of the molecule is N[C@H](CO)C(=O)N1CCC[C@@H]1C(=O)O. The van der Waals surface area contributed by atoms with Crippen LogP contribution in [-0.4, -0.2) is 52.2 Å². The Labute approximate surface area is 81.3 Å². The Balaban J connectivity index is 2.67. The van der Waals surface area contributed by atoms with Gasteiger partial charge in [0.1, 0.15) is 12.1 Å². The smallest absolute Gasteiger partial charge is 0.326 e. The van der Waals surface area contributed by atoms with Gasteiger partial charge in [-0.2, -0.15) is 0 Å². The fraction of sp³-hybridized carbons (Fsp3) is 0.750. The molecule has 0 aromatic carbocycles. The number of amides is 1. The van der Waals surface area contributed by atoms with Crippen LogP contribution in [0.15, 0.2) is 0 Å². The maximum Gasteiger partial charge on any atom is 0.326 e. The molecule has 6 nitrogen and oxygen atoms in total. The Hall–Kier alpha value is -1.14. The van der Waals surface area contributed by atoms with Crippen LogP contribution < -0.4 is 5.73 Å². The van der Waals surface area contributed by atoms with E-state index in [2.05, 4.69) is 0 Å². The van der Waals surface area contributed by atoms with Gasteiger partial charge in [-0.05, 0) is 12.8 Å². The van der Waals surface area contributed by atoms with E-state index in [0.29, 0.717) is 19.4 Å². The van der Waals surface area contributed by atoms with Crippen molar-refractivity contribution in [2.75, 3.05) is 13.2 Å². The average molecular weight is 202 g/mol. The first kappa shape index (κ1) is 10.9. The lowest BCUT2D eigenvalue weighted by molar-refractivity contribution is -0.149. The van der Waals surface area contributed by atoms with Gasteiger partial charge in [0, 0.05) is 6.54 Å². The molecule has 1 aliphatic rings. The van der Waals surface area contributed by atoms with E-state index in [1.54, 1.807) is 0 Å². The number of carboxylic acid groups (broad SMARTS) is 1. The molecule has 14 heavy (non-hydrogen) atoms. The van der Waals surface area contributed by atoms with Gasteiger partial charge < -0.3 is 20.8 Å². The van der Waals surface area contributed by atoms with Gasteiger partial charge in [-0.1, -0.05) is 0 Å². The topological polar surface area (TPSA) is 104 Å². The first-order valence-electron chi connectivity index (χ1n) is 4.47. The van der Waals surface area contributed by atoms with Crippen LogP contribution in [0.4, 0.5) is 0 Å². The molecule has 1 rings (SSSR count). The highest BCUT2D eigenvalue weighted by molar-refractivity contribution is 5.87. The molecule has 6 heteroatoms. The van der Waals surface area contributed by atoms with Gasteiger partial charge in [-0.25, -0.2) is 4.79 Å². The van der Waals surface area contributed by atoms with Crippen molar-refractivity contribution in [3.8, 4) is 0 Å². The highest BCUT2D eigenvalue weighted by atomic mass is 16.4. The Kier molecular flexibility index (Phi) is 3.43. The van der Waals surface area contributed by atoms with Crippen LogP contribution in [0.5, 0.6) is 0 Å². The molecule has 0 spiro atoms. The Morgan fingerprint density at radius 2 is 2.21 bits per heavy atom. The number of aliphatic hydroxyl groups excluding tert-OH is 1. The van der Waals surface area contributed by atoms with Gasteiger partial charge >= 0.3 is 5.97 Å². The van der Waals surface area contributed by atoms with E-state index in [4.69, 9.17) is 15.9 Å². The van der Waals surface area contributed by atoms with E-state index in [0.717, 1.165) is 0 Å². The van der Waals surface area contributed by atoms with Crippen LogP contribution in [0.25, 0.3) is 0 Å². The number of carboxylic acids is 1. The van der Waals surface area contributed by atoms with Gasteiger partial charge in [0.2, 0.25) is 5.91 Å². The predicted octanol–water partition coefficient (Wildman–Crippen LogP) is -1.62. The summed E-state index contributed by atoms with van der Waals surface area (Å²) >= 11 is 0. The first-order chi connectivity index (χ1) is 6.57. The molecular formula is C8H14N2O4. The summed E-state index contributed by atoms with van der Waals surface area (Å²) in [5.41, 5.74) is 5.32. The highest BCUT2D eigenvalue weighted by Gasteiger charge is 2.35. The molecule has 2 atom stereocenters. The fourth-order valence-electron chi connectivity index (χ4n) is 1.58. The maximum absolute atomic E-state index is 11.5. The quantitative estimate of drug-likeness (QED) is 0.510. The molecule has 0 aromatic rings. The van der Waals surface area contributed by atoms with Crippen LogP contribution in [0.1, 0.15) is 12.8 Å².